The van der Waals surface area contributed by atoms with Gasteiger partial charge in [-0.25, -0.2) is 4.39 Å². The number of alkyl halides is 3. The van der Waals surface area contributed by atoms with Crippen LogP contribution in [-0.2, 0) is 16.6 Å². The number of carbonyl (C=O) groups excluding carboxylic acids is 2. The van der Waals surface area contributed by atoms with Gasteiger partial charge in [0.25, 0.3) is 5.91 Å². The zero-order chi connectivity index (χ0) is 26.0. The van der Waals surface area contributed by atoms with Crippen LogP contribution < -0.4 is 10.6 Å². The number of allylic oxidation sites excluding steroid dienone is 1. The van der Waals surface area contributed by atoms with Crippen molar-refractivity contribution in [3.05, 3.63) is 82.2 Å². The van der Waals surface area contributed by atoms with Crippen LogP contribution in [0.3, 0.4) is 0 Å². The lowest BCUT2D eigenvalue weighted by Crippen LogP contribution is -2.42. The van der Waals surface area contributed by atoms with Crippen LogP contribution in [0, 0.1) is 5.82 Å². The quantitative estimate of drug-likeness (QED) is 0.522. The minimum Gasteiger partial charge on any atom is -0.351 e. The van der Waals surface area contributed by atoms with Crippen LogP contribution in [0.25, 0.3) is 0 Å². The first-order valence-electron chi connectivity index (χ1n) is 11.2. The van der Waals surface area contributed by atoms with Crippen molar-refractivity contribution in [3.8, 4) is 0 Å². The van der Waals surface area contributed by atoms with Gasteiger partial charge in [-0.2, -0.15) is 13.2 Å². The van der Waals surface area contributed by atoms with Gasteiger partial charge in [0.05, 0.1) is 5.56 Å². The number of amides is 2. The Kier molecular flexibility index (Phi) is 7.69. The summed E-state index contributed by atoms with van der Waals surface area (Å²) in [5, 5.41) is 4.64. The van der Waals surface area contributed by atoms with Crippen molar-refractivity contribution in [2.45, 2.75) is 37.9 Å². The fourth-order valence-corrected chi connectivity index (χ4v) is 4.21. The normalized spacial score (nSPS) is 18.4. The SMILES string of the molecule is CC1=C(C(=O)NC[C@H](Cc2ccc(C(=O)NCC(F)(F)F)c(F)c2)N(C)C)[C@@]1(C)c1ccccc1. The van der Waals surface area contributed by atoms with E-state index in [0.717, 1.165) is 22.8 Å². The summed E-state index contributed by atoms with van der Waals surface area (Å²) in [4.78, 5) is 26.7. The van der Waals surface area contributed by atoms with Crippen molar-refractivity contribution in [3.63, 3.8) is 0 Å². The summed E-state index contributed by atoms with van der Waals surface area (Å²) >= 11 is 0. The molecule has 3 rings (SSSR count). The Labute approximate surface area is 202 Å². The van der Waals surface area contributed by atoms with E-state index in [4.69, 9.17) is 0 Å². The zero-order valence-electron chi connectivity index (χ0n) is 20.1. The smallest absolute Gasteiger partial charge is 0.351 e. The molecule has 2 aromatic carbocycles. The number of nitrogens with zero attached hydrogens (tertiary/aromatic N) is 1. The maximum absolute atomic E-state index is 14.5. The van der Waals surface area contributed by atoms with Gasteiger partial charge in [0, 0.05) is 23.6 Å². The van der Waals surface area contributed by atoms with Crippen LogP contribution in [0.15, 0.2) is 59.7 Å². The number of hydrogen-bond acceptors (Lipinski definition) is 3. The average molecular weight is 492 g/mol. The van der Waals surface area contributed by atoms with E-state index in [1.165, 1.54) is 12.1 Å². The van der Waals surface area contributed by atoms with Crippen LogP contribution in [0.5, 0.6) is 0 Å². The minimum absolute atomic E-state index is 0.149. The molecule has 0 saturated carbocycles. The van der Waals surface area contributed by atoms with Gasteiger partial charge in [-0.3, -0.25) is 9.59 Å². The summed E-state index contributed by atoms with van der Waals surface area (Å²) in [6.07, 6.45) is -4.22. The number of rotatable bonds is 9. The van der Waals surface area contributed by atoms with Gasteiger partial charge in [0.15, 0.2) is 0 Å². The third kappa shape index (κ3) is 6.08. The summed E-state index contributed by atoms with van der Waals surface area (Å²) in [5.74, 6) is -2.18. The molecule has 0 radical (unpaired) electrons. The molecular formula is C26H29F4N3O2. The third-order valence-electron chi connectivity index (χ3n) is 6.57. The molecule has 0 heterocycles. The van der Waals surface area contributed by atoms with Crippen molar-refractivity contribution in [1.29, 1.82) is 0 Å². The van der Waals surface area contributed by atoms with E-state index >= 15 is 0 Å². The number of carbonyl (C=O) groups is 2. The molecule has 0 bridgehead atoms. The molecule has 2 atom stereocenters. The van der Waals surface area contributed by atoms with Crippen LogP contribution >= 0.6 is 0 Å². The lowest BCUT2D eigenvalue weighted by Gasteiger charge is -2.25. The van der Waals surface area contributed by atoms with Crippen molar-refractivity contribution < 1.29 is 27.2 Å². The molecule has 35 heavy (non-hydrogen) atoms. The summed E-state index contributed by atoms with van der Waals surface area (Å²) in [7, 11) is 3.67. The van der Waals surface area contributed by atoms with E-state index in [0.29, 0.717) is 18.5 Å². The molecule has 2 amide bonds. The zero-order valence-corrected chi connectivity index (χ0v) is 20.1. The number of halogens is 4. The molecule has 1 aliphatic carbocycles. The maximum atomic E-state index is 14.5. The van der Waals surface area contributed by atoms with Gasteiger partial charge in [0.1, 0.15) is 12.4 Å². The second kappa shape index (κ2) is 10.2. The first kappa shape index (κ1) is 26.4. The van der Waals surface area contributed by atoms with Crippen LogP contribution in [0.2, 0.25) is 0 Å². The summed E-state index contributed by atoms with van der Waals surface area (Å²) in [6.45, 7) is 2.74. The number of hydrogen-bond donors (Lipinski definition) is 2. The second-order valence-corrected chi connectivity index (χ2v) is 9.13. The number of likely N-dealkylation sites (N-methyl/N-ethyl adjacent to an activating group) is 1. The van der Waals surface area contributed by atoms with E-state index in [-0.39, 0.29) is 17.4 Å². The molecule has 1 aliphatic rings. The van der Waals surface area contributed by atoms with Crippen molar-refractivity contribution in [1.82, 2.24) is 15.5 Å². The third-order valence-corrected chi connectivity index (χ3v) is 6.57. The van der Waals surface area contributed by atoms with E-state index in [9.17, 15) is 27.2 Å². The Hall–Kier alpha value is -3.20. The van der Waals surface area contributed by atoms with E-state index < -0.39 is 30.0 Å². The van der Waals surface area contributed by atoms with Gasteiger partial charge in [-0.05, 0) is 63.2 Å². The fourth-order valence-electron chi connectivity index (χ4n) is 4.21. The molecule has 2 N–H and O–H groups in total. The Morgan fingerprint density at radius 1 is 1.03 bits per heavy atom. The molecule has 0 fully saturated rings. The lowest BCUT2D eigenvalue weighted by atomic mass is 9.90. The first-order chi connectivity index (χ1) is 16.3. The van der Waals surface area contributed by atoms with Gasteiger partial charge < -0.3 is 15.5 Å². The summed E-state index contributed by atoms with van der Waals surface area (Å²) < 4.78 is 51.4. The standard InChI is InChI=1S/C26H29F4N3O2/c1-16-22(25(16,2)18-8-6-5-7-9-18)24(35)31-14-19(33(3)4)12-17-10-11-20(21(27)13-17)23(34)32-15-26(28,29)30/h5-11,13,19H,12,14-15H2,1-4H3,(H,31,35)(H,32,34)/t19-,25+/m0/s1. The van der Waals surface area contributed by atoms with E-state index in [1.807, 2.05) is 63.2 Å². The first-order valence-corrected chi connectivity index (χ1v) is 11.2. The Balaban J connectivity index is 1.61. The summed E-state index contributed by atoms with van der Waals surface area (Å²) in [5.41, 5.74) is 2.53. The number of nitrogens with one attached hydrogen (secondary N) is 2. The molecule has 0 aromatic heterocycles. The Morgan fingerprint density at radius 3 is 2.26 bits per heavy atom. The maximum Gasteiger partial charge on any atom is 0.405 e. The molecule has 9 heteroatoms. The monoisotopic (exact) mass is 491 g/mol. The highest BCUT2D eigenvalue weighted by Crippen LogP contribution is 2.53. The largest absolute Gasteiger partial charge is 0.405 e. The molecular weight excluding hydrogens is 462 g/mol. The van der Waals surface area contributed by atoms with Gasteiger partial charge in [-0.1, -0.05) is 36.4 Å². The van der Waals surface area contributed by atoms with Crippen LogP contribution in [0.1, 0.15) is 35.3 Å². The van der Waals surface area contributed by atoms with Crippen LogP contribution in [-0.4, -0.2) is 56.1 Å². The second-order valence-electron chi connectivity index (χ2n) is 9.13. The van der Waals surface area contributed by atoms with Gasteiger partial charge >= 0.3 is 6.18 Å². The molecule has 5 nitrogen and oxygen atoms in total. The lowest BCUT2D eigenvalue weighted by molar-refractivity contribution is -0.123. The fraction of sp³-hybridized carbons (Fsp3) is 0.385. The van der Waals surface area contributed by atoms with Crippen molar-refractivity contribution in [2.24, 2.45) is 0 Å². The minimum atomic E-state index is -4.58. The van der Waals surface area contributed by atoms with Crippen molar-refractivity contribution >= 4 is 11.8 Å². The molecule has 0 aliphatic heterocycles. The topological polar surface area (TPSA) is 61.4 Å². The van der Waals surface area contributed by atoms with E-state index in [2.05, 4.69) is 5.32 Å². The number of benzene rings is 2. The average Bonchev–Trinajstić information content (AvgIpc) is 3.36. The molecule has 0 unspecified atom stereocenters. The van der Waals surface area contributed by atoms with Gasteiger partial charge in [0.2, 0.25) is 5.91 Å². The predicted octanol–water partition coefficient (Wildman–Crippen LogP) is 3.99. The Bertz CT molecular complexity index is 1130. The highest BCUT2D eigenvalue weighted by atomic mass is 19.4. The highest BCUT2D eigenvalue weighted by molar-refractivity contribution is 6.04. The molecule has 0 spiro atoms. The predicted molar refractivity (Wildman–Crippen MR) is 125 cm³/mol. The van der Waals surface area contributed by atoms with E-state index in [1.54, 1.807) is 5.32 Å². The molecule has 2 aromatic rings. The Morgan fingerprint density at radius 2 is 1.69 bits per heavy atom. The van der Waals surface area contributed by atoms with Crippen molar-refractivity contribution in [2.75, 3.05) is 27.2 Å². The molecule has 0 saturated heterocycles. The van der Waals surface area contributed by atoms with Gasteiger partial charge in [-0.15, -0.1) is 0 Å². The molecule has 188 valence electrons. The summed E-state index contributed by atoms with van der Waals surface area (Å²) in [6, 6.07) is 13.4. The highest BCUT2D eigenvalue weighted by Gasteiger charge is 2.51. The van der Waals surface area contributed by atoms with Crippen LogP contribution in [0.4, 0.5) is 17.6 Å².